The van der Waals surface area contributed by atoms with E-state index in [2.05, 4.69) is 18.3 Å². The van der Waals surface area contributed by atoms with Gasteiger partial charge in [-0.15, -0.1) is 0 Å². The van der Waals surface area contributed by atoms with Crippen molar-refractivity contribution in [2.45, 2.75) is 33.7 Å². The lowest BCUT2D eigenvalue weighted by atomic mass is 10.1. The molecule has 16 heavy (non-hydrogen) atoms. The number of rotatable bonds is 4. The standard InChI is InChI=1S/C13H19NO2/c1-5-16-13(15)11(4)14-12-8-6-7-9(2)10(12)3/h6-8,11,14H,5H2,1-4H3/t11-/m0/s1. The number of hydrogen-bond acceptors (Lipinski definition) is 3. The molecule has 0 unspecified atom stereocenters. The SMILES string of the molecule is CCOC(=O)[C@H](C)Nc1cccc(C)c1C. The van der Waals surface area contributed by atoms with Gasteiger partial charge in [-0.2, -0.15) is 0 Å². The first kappa shape index (κ1) is 12.6. The minimum Gasteiger partial charge on any atom is -0.464 e. The molecule has 0 aromatic heterocycles. The summed E-state index contributed by atoms with van der Waals surface area (Å²) in [4.78, 5) is 11.5. The van der Waals surface area contributed by atoms with Crippen LogP contribution in [0, 0.1) is 13.8 Å². The third-order valence-electron chi connectivity index (χ3n) is 2.62. The number of esters is 1. The van der Waals surface area contributed by atoms with Gasteiger partial charge in [-0.05, 0) is 44.9 Å². The number of carbonyl (C=O) groups is 1. The maximum absolute atomic E-state index is 11.5. The monoisotopic (exact) mass is 221 g/mol. The molecule has 0 amide bonds. The highest BCUT2D eigenvalue weighted by molar-refractivity contribution is 5.79. The fraction of sp³-hybridized carbons (Fsp3) is 0.462. The third kappa shape index (κ3) is 2.99. The topological polar surface area (TPSA) is 38.3 Å². The molecule has 0 aliphatic rings. The van der Waals surface area contributed by atoms with Crippen LogP contribution in [0.5, 0.6) is 0 Å². The minimum absolute atomic E-state index is 0.219. The average molecular weight is 221 g/mol. The number of ether oxygens (including phenoxy) is 1. The first-order valence-electron chi connectivity index (χ1n) is 5.55. The molecule has 0 aliphatic carbocycles. The predicted octanol–water partition coefficient (Wildman–Crippen LogP) is 2.67. The van der Waals surface area contributed by atoms with Gasteiger partial charge >= 0.3 is 5.97 Å². The zero-order valence-corrected chi connectivity index (χ0v) is 10.3. The second-order valence-corrected chi connectivity index (χ2v) is 3.87. The van der Waals surface area contributed by atoms with E-state index in [1.54, 1.807) is 6.92 Å². The van der Waals surface area contributed by atoms with Crippen molar-refractivity contribution in [2.75, 3.05) is 11.9 Å². The first-order valence-corrected chi connectivity index (χ1v) is 5.55. The molecule has 1 N–H and O–H groups in total. The lowest BCUT2D eigenvalue weighted by molar-refractivity contribution is -0.143. The Hall–Kier alpha value is -1.51. The molecule has 0 heterocycles. The lowest BCUT2D eigenvalue weighted by Crippen LogP contribution is -2.28. The van der Waals surface area contributed by atoms with E-state index in [1.807, 2.05) is 26.0 Å². The van der Waals surface area contributed by atoms with Gasteiger partial charge in [0.25, 0.3) is 0 Å². The number of carbonyl (C=O) groups excluding carboxylic acids is 1. The van der Waals surface area contributed by atoms with Crippen molar-refractivity contribution in [1.82, 2.24) is 0 Å². The molecule has 1 atom stereocenters. The number of aryl methyl sites for hydroxylation is 1. The zero-order chi connectivity index (χ0) is 12.1. The van der Waals surface area contributed by atoms with Crippen LogP contribution in [-0.2, 0) is 9.53 Å². The molecule has 3 nitrogen and oxygen atoms in total. The molecule has 0 saturated carbocycles. The summed E-state index contributed by atoms with van der Waals surface area (Å²) in [5.41, 5.74) is 3.36. The molecule has 0 fully saturated rings. The van der Waals surface area contributed by atoms with E-state index in [-0.39, 0.29) is 12.0 Å². The smallest absolute Gasteiger partial charge is 0.328 e. The number of nitrogens with one attached hydrogen (secondary N) is 1. The molecular formula is C13H19NO2. The quantitative estimate of drug-likeness (QED) is 0.794. The highest BCUT2D eigenvalue weighted by atomic mass is 16.5. The average Bonchev–Trinajstić information content (AvgIpc) is 2.25. The van der Waals surface area contributed by atoms with Gasteiger partial charge in [0.05, 0.1) is 6.61 Å². The van der Waals surface area contributed by atoms with E-state index in [4.69, 9.17) is 4.74 Å². The normalized spacial score (nSPS) is 12.0. The molecule has 0 spiro atoms. The fourth-order valence-electron chi connectivity index (χ4n) is 1.47. The Bertz CT molecular complexity index is 374. The summed E-state index contributed by atoms with van der Waals surface area (Å²) >= 11 is 0. The van der Waals surface area contributed by atoms with E-state index < -0.39 is 0 Å². The van der Waals surface area contributed by atoms with Gasteiger partial charge in [0.15, 0.2) is 0 Å². The molecule has 0 saturated heterocycles. The van der Waals surface area contributed by atoms with Crippen LogP contribution in [0.3, 0.4) is 0 Å². The van der Waals surface area contributed by atoms with Gasteiger partial charge in [-0.25, -0.2) is 4.79 Å². The second kappa shape index (κ2) is 5.54. The lowest BCUT2D eigenvalue weighted by Gasteiger charge is -2.16. The largest absolute Gasteiger partial charge is 0.464 e. The summed E-state index contributed by atoms with van der Waals surface area (Å²) in [5.74, 6) is -0.219. The molecule has 1 aromatic rings. The molecule has 1 aromatic carbocycles. The number of benzene rings is 1. The Balaban J connectivity index is 2.73. The van der Waals surface area contributed by atoms with Crippen LogP contribution in [0.1, 0.15) is 25.0 Å². The van der Waals surface area contributed by atoms with Gasteiger partial charge < -0.3 is 10.1 Å². The van der Waals surface area contributed by atoms with Crippen molar-refractivity contribution in [1.29, 1.82) is 0 Å². The Kier molecular flexibility index (Phi) is 4.35. The van der Waals surface area contributed by atoms with E-state index in [9.17, 15) is 4.79 Å². The van der Waals surface area contributed by atoms with E-state index in [0.717, 1.165) is 5.69 Å². The molecule has 0 bridgehead atoms. The Morgan fingerprint density at radius 1 is 1.44 bits per heavy atom. The summed E-state index contributed by atoms with van der Waals surface area (Å²) in [6.45, 7) is 8.12. The van der Waals surface area contributed by atoms with Crippen LogP contribution >= 0.6 is 0 Å². The predicted molar refractivity (Wildman–Crippen MR) is 65.6 cm³/mol. The number of hydrogen-bond donors (Lipinski definition) is 1. The van der Waals surface area contributed by atoms with Crippen molar-refractivity contribution in [3.63, 3.8) is 0 Å². The molecule has 88 valence electrons. The molecule has 0 aliphatic heterocycles. The highest BCUT2D eigenvalue weighted by Crippen LogP contribution is 2.18. The molecule has 1 rings (SSSR count). The highest BCUT2D eigenvalue weighted by Gasteiger charge is 2.14. The Labute approximate surface area is 96.8 Å². The Morgan fingerprint density at radius 2 is 2.12 bits per heavy atom. The van der Waals surface area contributed by atoms with Crippen LogP contribution in [0.4, 0.5) is 5.69 Å². The summed E-state index contributed by atoms with van der Waals surface area (Å²) in [6, 6.07) is 5.68. The fourth-order valence-corrected chi connectivity index (χ4v) is 1.47. The van der Waals surface area contributed by atoms with Gasteiger partial charge in [-0.3, -0.25) is 0 Å². The van der Waals surface area contributed by atoms with E-state index in [0.29, 0.717) is 6.61 Å². The van der Waals surface area contributed by atoms with Gasteiger partial charge in [0.1, 0.15) is 6.04 Å². The van der Waals surface area contributed by atoms with Gasteiger partial charge in [0, 0.05) is 5.69 Å². The summed E-state index contributed by atoms with van der Waals surface area (Å²) in [6.07, 6.45) is 0. The minimum atomic E-state index is -0.319. The van der Waals surface area contributed by atoms with Crippen LogP contribution < -0.4 is 5.32 Å². The third-order valence-corrected chi connectivity index (χ3v) is 2.62. The van der Waals surface area contributed by atoms with Crippen LogP contribution in [-0.4, -0.2) is 18.6 Å². The number of anilines is 1. The van der Waals surface area contributed by atoms with Crippen LogP contribution in [0.25, 0.3) is 0 Å². The van der Waals surface area contributed by atoms with Gasteiger partial charge in [0.2, 0.25) is 0 Å². The molecule has 0 radical (unpaired) electrons. The molecular weight excluding hydrogens is 202 g/mol. The van der Waals surface area contributed by atoms with Crippen molar-refractivity contribution < 1.29 is 9.53 Å². The zero-order valence-electron chi connectivity index (χ0n) is 10.3. The Morgan fingerprint density at radius 3 is 2.75 bits per heavy atom. The van der Waals surface area contributed by atoms with Crippen LogP contribution in [0.15, 0.2) is 18.2 Å². The maximum Gasteiger partial charge on any atom is 0.328 e. The van der Waals surface area contributed by atoms with Gasteiger partial charge in [-0.1, -0.05) is 12.1 Å². The maximum atomic E-state index is 11.5. The van der Waals surface area contributed by atoms with Crippen molar-refractivity contribution in [3.05, 3.63) is 29.3 Å². The second-order valence-electron chi connectivity index (χ2n) is 3.87. The van der Waals surface area contributed by atoms with Crippen molar-refractivity contribution >= 4 is 11.7 Å². The van der Waals surface area contributed by atoms with Crippen LogP contribution in [0.2, 0.25) is 0 Å². The van der Waals surface area contributed by atoms with Crippen molar-refractivity contribution in [3.8, 4) is 0 Å². The first-order chi connectivity index (χ1) is 7.56. The van der Waals surface area contributed by atoms with E-state index in [1.165, 1.54) is 11.1 Å². The summed E-state index contributed by atoms with van der Waals surface area (Å²) in [7, 11) is 0. The molecule has 3 heteroatoms. The summed E-state index contributed by atoms with van der Waals surface area (Å²) in [5, 5.41) is 3.16. The summed E-state index contributed by atoms with van der Waals surface area (Å²) < 4.78 is 4.94. The van der Waals surface area contributed by atoms with E-state index >= 15 is 0 Å². The van der Waals surface area contributed by atoms with Crippen molar-refractivity contribution in [2.24, 2.45) is 0 Å².